The molecule has 0 fully saturated rings. The first-order valence-electron chi connectivity index (χ1n) is 7.67. The van der Waals surface area contributed by atoms with Crippen LogP contribution in [0.3, 0.4) is 0 Å². The zero-order chi connectivity index (χ0) is 15.5. The van der Waals surface area contributed by atoms with E-state index in [4.69, 9.17) is 0 Å². The number of amides is 2. The molecule has 3 rings (SSSR count). The van der Waals surface area contributed by atoms with E-state index < -0.39 is 0 Å². The first-order valence-corrected chi connectivity index (χ1v) is 8.49. The van der Waals surface area contributed by atoms with Crippen molar-refractivity contribution in [2.24, 2.45) is 0 Å². The Morgan fingerprint density at radius 2 is 1.64 bits per heavy atom. The van der Waals surface area contributed by atoms with Crippen LogP contribution in [-0.4, -0.2) is 12.1 Å². The van der Waals surface area contributed by atoms with Gasteiger partial charge in [-0.2, -0.15) is 0 Å². The number of nitrogens with one attached hydrogen (secondary N) is 1. The minimum absolute atomic E-state index is 0.0545. The molecule has 1 atom stereocenters. The first-order chi connectivity index (χ1) is 10.7. The number of carbonyl (C=O) groups excluding carboxylic acids is 1. The molecule has 1 aliphatic rings. The molecule has 0 saturated heterocycles. The van der Waals surface area contributed by atoms with Gasteiger partial charge in [0, 0.05) is 15.8 Å². The highest BCUT2D eigenvalue weighted by Gasteiger charge is 2.28. The summed E-state index contributed by atoms with van der Waals surface area (Å²) in [6.07, 6.45) is 2.04. The van der Waals surface area contributed by atoms with Crippen LogP contribution in [0, 0.1) is 0 Å². The summed E-state index contributed by atoms with van der Waals surface area (Å²) in [6.45, 7) is 4.18. The summed E-state index contributed by atoms with van der Waals surface area (Å²) in [5, 5.41) is 3.11. The summed E-state index contributed by atoms with van der Waals surface area (Å²) >= 11 is 1.71. The highest BCUT2D eigenvalue weighted by Crippen LogP contribution is 2.47. The van der Waals surface area contributed by atoms with Crippen molar-refractivity contribution < 1.29 is 4.79 Å². The van der Waals surface area contributed by atoms with Crippen LogP contribution in [0.15, 0.2) is 58.3 Å². The molecule has 0 bridgehead atoms. The molecule has 3 nitrogen and oxygen atoms in total. The molecule has 2 amide bonds. The molecule has 0 saturated carbocycles. The lowest BCUT2D eigenvalue weighted by molar-refractivity contribution is 0.244. The molecule has 0 aromatic heterocycles. The molecular weight excluding hydrogens is 292 g/mol. The quantitative estimate of drug-likeness (QED) is 0.846. The summed E-state index contributed by atoms with van der Waals surface area (Å²) in [7, 11) is 0. The summed E-state index contributed by atoms with van der Waals surface area (Å²) < 4.78 is 0. The van der Waals surface area contributed by atoms with E-state index in [1.54, 1.807) is 16.7 Å². The van der Waals surface area contributed by atoms with Gasteiger partial charge in [-0.3, -0.25) is 4.90 Å². The van der Waals surface area contributed by atoms with E-state index in [2.05, 4.69) is 31.3 Å². The monoisotopic (exact) mass is 312 g/mol. The number of urea groups is 1. The minimum atomic E-state index is -0.0545. The fraction of sp³-hybridized carbons (Fsp3) is 0.278. The predicted molar refractivity (Wildman–Crippen MR) is 92.0 cm³/mol. The molecule has 0 radical (unpaired) electrons. The van der Waals surface area contributed by atoms with Crippen molar-refractivity contribution in [1.82, 2.24) is 5.32 Å². The molecule has 2 aromatic rings. The van der Waals surface area contributed by atoms with Gasteiger partial charge in [-0.25, -0.2) is 4.79 Å². The molecule has 2 aromatic carbocycles. The molecule has 0 unspecified atom stereocenters. The lowest BCUT2D eigenvalue weighted by Gasteiger charge is -2.32. The van der Waals surface area contributed by atoms with Crippen LogP contribution in [0.4, 0.5) is 16.2 Å². The van der Waals surface area contributed by atoms with E-state index in [9.17, 15) is 4.79 Å². The molecule has 0 aliphatic carbocycles. The van der Waals surface area contributed by atoms with Crippen molar-refractivity contribution in [3.8, 4) is 0 Å². The van der Waals surface area contributed by atoms with Crippen molar-refractivity contribution in [1.29, 1.82) is 0 Å². The molecule has 1 N–H and O–H groups in total. The van der Waals surface area contributed by atoms with E-state index in [1.807, 2.05) is 36.4 Å². The second-order valence-electron chi connectivity index (χ2n) is 5.51. The largest absolute Gasteiger partial charge is 0.335 e. The van der Waals surface area contributed by atoms with E-state index >= 15 is 0 Å². The molecular formula is C18H20N2OS. The second kappa shape index (κ2) is 6.44. The normalized spacial score (nSPS) is 14.0. The maximum Gasteiger partial charge on any atom is 0.326 e. The van der Waals surface area contributed by atoms with E-state index in [1.165, 1.54) is 0 Å². The van der Waals surface area contributed by atoms with Crippen molar-refractivity contribution >= 4 is 29.2 Å². The Hall–Kier alpha value is -1.94. The van der Waals surface area contributed by atoms with Crippen LogP contribution in [0.25, 0.3) is 0 Å². The summed E-state index contributed by atoms with van der Waals surface area (Å²) in [5.74, 6) is 0. The van der Waals surface area contributed by atoms with Crippen LogP contribution in [-0.2, 0) is 0 Å². The summed E-state index contributed by atoms with van der Waals surface area (Å²) in [6, 6.07) is 16.2. The molecule has 1 heterocycles. The third-order valence-corrected chi connectivity index (χ3v) is 4.86. The van der Waals surface area contributed by atoms with Gasteiger partial charge < -0.3 is 5.32 Å². The van der Waals surface area contributed by atoms with Gasteiger partial charge in [0.05, 0.1) is 11.4 Å². The van der Waals surface area contributed by atoms with Crippen LogP contribution < -0.4 is 10.2 Å². The average Bonchev–Trinajstić information content (AvgIpc) is 2.52. The second-order valence-corrected chi connectivity index (χ2v) is 6.60. The number of benzene rings is 2. The Kier molecular flexibility index (Phi) is 4.39. The topological polar surface area (TPSA) is 32.3 Å². The van der Waals surface area contributed by atoms with Crippen LogP contribution >= 0.6 is 11.8 Å². The van der Waals surface area contributed by atoms with E-state index in [-0.39, 0.29) is 12.1 Å². The summed E-state index contributed by atoms with van der Waals surface area (Å²) in [5.41, 5.74) is 1.90. The SMILES string of the molecule is CCC[C@H](C)NC(=O)N1c2ccccc2Sc2ccccc21. The number of para-hydroxylation sites is 2. The van der Waals surface area contributed by atoms with Crippen molar-refractivity contribution in [3.05, 3.63) is 48.5 Å². The lowest BCUT2D eigenvalue weighted by atomic mass is 10.2. The number of hydrogen-bond acceptors (Lipinski definition) is 2. The first kappa shape index (κ1) is 15.0. The Morgan fingerprint density at radius 1 is 1.09 bits per heavy atom. The Bertz CT molecular complexity index is 641. The van der Waals surface area contributed by atoms with Crippen molar-refractivity contribution in [3.63, 3.8) is 0 Å². The number of nitrogens with zero attached hydrogens (tertiary/aromatic N) is 1. The number of fused-ring (bicyclic) bond motifs is 2. The standard InChI is InChI=1S/C18H20N2OS/c1-3-8-13(2)19-18(21)20-14-9-4-6-11-16(14)22-17-12-7-5-10-15(17)20/h4-7,9-13H,3,8H2,1-2H3,(H,19,21)/t13-/m0/s1. The fourth-order valence-electron chi connectivity index (χ4n) is 2.70. The highest BCUT2D eigenvalue weighted by molar-refractivity contribution is 7.99. The Balaban J connectivity index is 1.97. The molecule has 1 aliphatic heterocycles. The van der Waals surface area contributed by atoms with Crippen molar-refractivity contribution in [2.75, 3.05) is 4.90 Å². The van der Waals surface area contributed by atoms with E-state index in [0.29, 0.717) is 0 Å². The van der Waals surface area contributed by atoms with Gasteiger partial charge in [-0.15, -0.1) is 0 Å². The van der Waals surface area contributed by atoms with Gasteiger partial charge in [0.1, 0.15) is 0 Å². The van der Waals surface area contributed by atoms with E-state index in [0.717, 1.165) is 34.0 Å². The van der Waals surface area contributed by atoms with Crippen LogP contribution in [0.2, 0.25) is 0 Å². The zero-order valence-corrected chi connectivity index (χ0v) is 13.7. The van der Waals surface area contributed by atoms with Crippen LogP contribution in [0.1, 0.15) is 26.7 Å². The van der Waals surface area contributed by atoms with Gasteiger partial charge in [-0.1, -0.05) is 49.4 Å². The Morgan fingerprint density at radius 3 is 2.18 bits per heavy atom. The molecule has 4 heteroatoms. The number of anilines is 2. The smallest absolute Gasteiger partial charge is 0.326 e. The minimum Gasteiger partial charge on any atom is -0.335 e. The Labute approximate surface area is 135 Å². The number of hydrogen-bond donors (Lipinski definition) is 1. The fourth-order valence-corrected chi connectivity index (χ4v) is 3.76. The number of rotatable bonds is 3. The third-order valence-electron chi connectivity index (χ3n) is 3.73. The average molecular weight is 312 g/mol. The van der Waals surface area contributed by atoms with Gasteiger partial charge in [0.15, 0.2) is 0 Å². The highest BCUT2D eigenvalue weighted by atomic mass is 32.2. The van der Waals surface area contributed by atoms with Gasteiger partial charge in [0.2, 0.25) is 0 Å². The van der Waals surface area contributed by atoms with Crippen LogP contribution in [0.5, 0.6) is 0 Å². The van der Waals surface area contributed by atoms with Gasteiger partial charge in [-0.05, 0) is 37.6 Å². The van der Waals surface area contributed by atoms with Gasteiger partial charge >= 0.3 is 6.03 Å². The predicted octanol–water partition coefficient (Wildman–Crippen LogP) is 5.19. The number of carbonyl (C=O) groups is 1. The molecule has 114 valence electrons. The molecule has 0 spiro atoms. The third kappa shape index (κ3) is 2.83. The summed E-state index contributed by atoms with van der Waals surface area (Å²) in [4.78, 5) is 16.8. The molecule has 22 heavy (non-hydrogen) atoms. The van der Waals surface area contributed by atoms with Gasteiger partial charge in [0.25, 0.3) is 0 Å². The lowest BCUT2D eigenvalue weighted by Crippen LogP contribution is -2.42. The maximum absolute atomic E-state index is 12.8. The maximum atomic E-state index is 12.8. The zero-order valence-electron chi connectivity index (χ0n) is 12.9. The van der Waals surface area contributed by atoms with Crippen molar-refractivity contribution in [2.45, 2.75) is 42.5 Å².